The van der Waals surface area contributed by atoms with Gasteiger partial charge in [-0.05, 0) is 51.5 Å². The molecule has 3 heterocycles. The number of piperidine rings is 1. The van der Waals surface area contributed by atoms with Crippen molar-refractivity contribution in [3.8, 4) is 0 Å². The molecule has 3 rings (SSSR count). The predicted molar refractivity (Wildman–Crippen MR) is 126 cm³/mol. The lowest BCUT2D eigenvalue weighted by Gasteiger charge is -2.34. The summed E-state index contributed by atoms with van der Waals surface area (Å²) in [6.07, 6.45) is 3.92. The van der Waals surface area contributed by atoms with Crippen LogP contribution in [-0.4, -0.2) is 81.1 Å². The van der Waals surface area contributed by atoms with Crippen LogP contribution < -0.4 is 5.32 Å². The second-order valence-electron chi connectivity index (χ2n) is 9.16. The molecule has 0 spiro atoms. The largest absolute Gasteiger partial charge is 0.353 e. The van der Waals surface area contributed by atoms with Gasteiger partial charge in [0.1, 0.15) is 10.4 Å². The summed E-state index contributed by atoms with van der Waals surface area (Å²) in [6, 6.07) is 1.46. The maximum Gasteiger partial charge on any atom is 0.247 e. The third kappa shape index (κ3) is 6.06. The van der Waals surface area contributed by atoms with E-state index in [-0.39, 0.29) is 44.7 Å². The predicted octanol–water partition coefficient (Wildman–Crippen LogP) is 1.79. The third-order valence-electron chi connectivity index (χ3n) is 6.26. The maximum absolute atomic E-state index is 13.2. The summed E-state index contributed by atoms with van der Waals surface area (Å²) in [5.41, 5.74) is 0.905. The van der Waals surface area contributed by atoms with Gasteiger partial charge in [0, 0.05) is 25.8 Å². The van der Waals surface area contributed by atoms with Gasteiger partial charge in [0.05, 0.1) is 18.1 Å². The maximum atomic E-state index is 13.2. The lowest BCUT2D eigenvalue weighted by Crippen LogP contribution is -2.52. The smallest absolute Gasteiger partial charge is 0.247 e. The van der Waals surface area contributed by atoms with Crippen LogP contribution in [0.3, 0.4) is 0 Å². The normalized spacial score (nSPS) is 21.3. The number of carbonyl (C=O) groups excluding carboxylic acids is 1. The summed E-state index contributed by atoms with van der Waals surface area (Å²) in [5, 5.41) is 5.53. The molecule has 1 atom stereocenters. The van der Waals surface area contributed by atoms with Crippen LogP contribution >= 0.6 is 0 Å². The monoisotopic (exact) mass is 519 g/mol. The average Bonchev–Trinajstić information content (AvgIpc) is 3.26. The first-order chi connectivity index (χ1) is 15.8. The van der Waals surface area contributed by atoms with E-state index in [0.717, 1.165) is 25.5 Å². The first kappa shape index (κ1) is 26.8. The number of nitrogens with zero attached hydrogens (tertiary/aromatic N) is 2. The molecule has 1 N–H and O–H groups in total. The zero-order chi connectivity index (χ0) is 25.1. The molecule has 11 nitrogen and oxygen atoms in total. The number of sulfonamides is 1. The van der Waals surface area contributed by atoms with Crippen LogP contribution in [0.25, 0.3) is 5.57 Å². The molecule has 0 radical (unpaired) electrons. The second-order valence-corrected chi connectivity index (χ2v) is 13.9. The minimum Gasteiger partial charge on any atom is -0.353 e. The van der Waals surface area contributed by atoms with Crippen LogP contribution in [-0.2, 0) is 34.1 Å². The van der Waals surface area contributed by atoms with Crippen molar-refractivity contribution in [2.24, 2.45) is 0 Å². The molecule has 1 unspecified atom stereocenters. The molecule has 0 saturated carbocycles. The standard InChI is InChI=1S/C21H33N3O8S2/c1-15(14-31-19-7-5-6-12-30-19)17-13-18(32-23-17)22-20(25)21(2,3)34(28,29)16-8-10-24(11-9-16)33(4,26)27/h13,16,19H,1,5-12,14H2,2-4H3,(H,22,25). The number of hydrogen-bond acceptors (Lipinski definition) is 9. The molecule has 0 aromatic carbocycles. The zero-order valence-electron chi connectivity index (χ0n) is 19.8. The Morgan fingerprint density at radius 3 is 2.50 bits per heavy atom. The SMILES string of the molecule is C=C(COC1CCCCO1)c1cc(NC(=O)C(C)(C)S(=O)(=O)C2CCN(S(C)(=O)=O)CC2)on1. The van der Waals surface area contributed by atoms with Crippen LogP contribution in [0.2, 0.25) is 0 Å². The number of rotatable bonds is 9. The Balaban J connectivity index is 1.59. The summed E-state index contributed by atoms with van der Waals surface area (Å²) < 4.78 is 65.7. The lowest BCUT2D eigenvalue weighted by molar-refractivity contribution is -0.154. The first-order valence-electron chi connectivity index (χ1n) is 11.2. The molecule has 2 saturated heterocycles. The van der Waals surface area contributed by atoms with Crippen molar-refractivity contribution in [2.75, 3.05) is 37.9 Å². The van der Waals surface area contributed by atoms with Crippen molar-refractivity contribution in [3.05, 3.63) is 18.3 Å². The molecule has 1 aromatic rings. The Kier molecular flexibility index (Phi) is 8.23. The molecule has 2 aliphatic heterocycles. The lowest BCUT2D eigenvalue weighted by atomic mass is 10.1. The van der Waals surface area contributed by atoms with E-state index in [1.807, 2.05) is 0 Å². The fourth-order valence-corrected chi connectivity index (χ4v) is 6.74. The van der Waals surface area contributed by atoms with Gasteiger partial charge in [0.2, 0.25) is 21.8 Å². The van der Waals surface area contributed by atoms with E-state index in [1.165, 1.54) is 24.2 Å². The van der Waals surface area contributed by atoms with Crippen LogP contribution in [0.4, 0.5) is 5.88 Å². The van der Waals surface area contributed by atoms with Gasteiger partial charge in [-0.15, -0.1) is 0 Å². The van der Waals surface area contributed by atoms with Gasteiger partial charge in [-0.2, -0.15) is 0 Å². The minimum absolute atomic E-state index is 0.00904. The first-order valence-corrected chi connectivity index (χ1v) is 14.6. The third-order valence-corrected chi connectivity index (χ3v) is 10.5. The van der Waals surface area contributed by atoms with Crippen molar-refractivity contribution in [1.29, 1.82) is 0 Å². The molecule has 0 bridgehead atoms. The highest BCUT2D eigenvalue weighted by atomic mass is 32.2. The number of anilines is 1. The Morgan fingerprint density at radius 2 is 1.91 bits per heavy atom. The number of ether oxygens (including phenoxy) is 2. The van der Waals surface area contributed by atoms with Gasteiger partial charge in [-0.25, -0.2) is 21.1 Å². The topological polar surface area (TPSA) is 145 Å². The molecule has 192 valence electrons. The van der Waals surface area contributed by atoms with Crippen molar-refractivity contribution in [1.82, 2.24) is 9.46 Å². The number of aromatic nitrogens is 1. The van der Waals surface area contributed by atoms with E-state index in [1.54, 1.807) is 0 Å². The summed E-state index contributed by atoms with van der Waals surface area (Å²) in [4.78, 5) is 12.9. The number of nitrogens with one attached hydrogen (secondary N) is 1. The summed E-state index contributed by atoms with van der Waals surface area (Å²) in [6.45, 7) is 7.61. The van der Waals surface area contributed by atoms with Crippen LogP contribution in [0.5, 0.6) is 0 Å². The molecule has 0 aliphatic carbocycles. The molecule has 2 fully saturated rings. The van der Waals surface area contributed by atoms with E-state index in [9.17, 15) is 21.6 Å². The summed E-state index contributed by atoms with van der Waals surface area (Å²) >= 11 is 0. The fourth-order valence-electron chi connectivity index (χ4n) is 3.89. The van der Waals surface area contributed by atoms with E-state index in [2.05, 4.69) is 17.1 Å². The Bertz CT molecular complexity index is 1100. The van der Waals surface area contributed by atoms with Crippen molar-refractivity contribution >= 4 is 37.2 Å². The van der Waals surface area contributed by atoms with Gasteiger partial charge < -0.3 is 14.0 Å². The van der Waals surface area contributed by atoms with E-state index in [0.29, 0.717) is 17.9 Å². The van der Waals surface area contributed by atoms with Crippen LogP contribution in [0.15, 0.2) is 17.2 Å². The van der Waals surface area contributed by atoms with Gasteiger partial charge in [-0.3, -0.25) is 10.1 Å². The highest BCUT2D eigenvalue weighted by Gasteiger charge is 2.47. The Labute approximate surface area is 200 Å². The number of sulfone groups is 1. The highest BCUT2D eigenvalue weighted by molar-refractivity contribution is 7.94. The van der Waals surface area contributed by atoms with Crippen LogP contribution in [0.1, 0.15) is 51.6 Å². The van der Waals surface area contributed by atoms with Crippen molar-refractivity contribution in [2.45, 2.75) is 62.2 Å². The van der Waals surface area contributed by atoms with Gasteiger partial charge in [0.25, 0.3) is 0 Å². The average molecular weight is 520 g/mol. The number of amides is 1. The second kappa shape index (κ2) is 10.4. The number of hydrogen-bond donors (Lipinski definition) is 1. The molecular formula is C21H33N3O8S2. The van der Waals surface area contributed by atoms with Crippen LogP contribution in [0, 0.1) is 0 Å². The van der Waals surface area contributed by atoms with Gasteiger partial charge >= 0.3 is 0 Å². The van der Waals surface area contributed by atoms with Gasteiger partial charge in [-0.1, -0.05) is 11.7 Å². The fraction of sp³-hybridized carbons (Fsp3) is 0.714. The molecule has 13 heteroatoms. The van der Waals surface area contributed by atoms with Crippen molar-refractivity contribution in [3.63, 3.8) is 0 Å². The molecule has 1 amide bonds. The minimum atomic E-state index is -3.93. The van der Waals surface area contributed by atoms with Gasteiger partial charge in [0.15, 0.2) is 16.1 Å². The molecule has 1 aromatic heterocycles. The molecule has 2 aliphatic rings. The zero-order valence-corrected chi connectivity index (χ0v) is 21.4. The van der Waals surface area contributed by atoms with Crippen molar-refractivity contribution < 1.29 is 35.6 Å². The Morgan fingerprint density at radius 1 is 1.24 bits per heavy atom. The Hall–Kier alpha value is -1.80. The molecular weight excluding hydrogens is 486 g/mol. The summed E-state index contributed by atoms with van der Waals surface area (Å²) in [7, 11) is -7.31. The number of carbonyl (C=O) groups is 1. The summed E-state index contributed by atoms with van der Waals surface area (Å²) in [5.74, 6) is -0.775. The van der Waals surface area contributed by atoms with E-state index in [4.69, 9.17) is 14.0 Å². The van der Waals surface area contributed by atoms with E-state index >= 15 is 0 Å². The van der Waals surface area contributed by atoms with E-state index < -0.39 is 35.8 Å². The quantitative estimate of drug-likeness (QED) is 0.516. The molecule has 34 heavy (non-hydrogen) atoms. The highest BCUT2D eigenvalue weighted by Crippen LogP contribution is 2.30.